The van der Waals surface area contributed by atoms with Crippen LogP contribution in [0.15, 0.2) is 29.2 Å². The van der Waals surface area contributed by atoms with Crippen LogP contribution in [0.3, 0.4) is 0 Å². The molecule has 5 nitrogen and oxygen atoms in total. The molecule has 0 atom stereocenters. The second kappa shape index (κ2) is 7.87. The number of rotatable bonds is 5. The smallest absolute Gasteiger partial charge is 0.243 e. The van der Waals surface area contributed by atoms with Crippen molar-refractivity contribution in [2.75, 3.05) is 26.2 Å². The number of carbonyl (C=O) groups excluding carboxylic acids is 1. The Balaban J connectivity index is 1.61. The zero-order valence-electron chi connectivity index (χ0n) is 15.0. The maximum absolute atomic E-state index is 12.8. The van der Waals surface area contributed by atoms with Crippen molar-refractivity contribution in [1.82, 2.24) is 9.21 Å². The van der Waals surface area contributed by atoms with E-state index in [4.69, 9.17) is 0 Å². The first kappa shape index (κ1) is 18.4. The van der Waals surface area contributed by atoms with Gasteiger partial charge in [0, 0.05) is 32.1 Å². The van der Waals surface area contributed by atoms with Crippen LogP contribution >= 0.6 is 0 Å². The number of carbonyl (C=O) groups is 1. The van der Waals surface area contributed by atoms with Gasteiger partial charge in [0.25, 0.3) is 0 Å². The Labute approximate surface area is 151 Å². The first-order chi connectivity index (χ1) is 12.0. The van der Waals surface area contributed by atoms with Crippen LogP contribution < -0.4 is 0 Å². The maximum Gasteiger partial charge on any atom is 0.243 e. The predicted octanol–water partition coefficient (Wildman–Crippen LogP) is 2.66. The third-order valence-corrected chi connectivity index (χ3v) is 7.27. The summed E-state index contributed by atoms with van der Waals surface area (Å²) in [5.74, 6) is 0.382. The number of hydrogen-bond donors (Lipinski definition) is 0. The van der Waals surface area contributed by atoms with Crippen LogP contribution in [0.4, 0.5) is 0 Å². The van der Waals surface area contributed by atoms with E-state index >= 15 is 0 Å². The fraction of sp³-hybridized carbons (Fsp3) is 0.632. The average molecular weight is 365 g/mol. The highest BCUT2D eigenvalue weighted by Crippen LogP contribution is 2.27. The van der Waals surface area contributed by atoms with Gasteiger partial charge in [-0.15, -0.1) is 0 Å². The summed E-state index contributed by atoms with van der Waals surface area (Å²) in [5.41, 5.74) is 1.16. The minimum Gasteiger partial charge on any atom is -0.340 e. The molecular weight excluding hydrogens is 336 g/mol. The molecule has 2 fully saturated rings. The largest absolute Gasteiger partial charge is 0.340 e. The molecule has 0 unspecified atom stereocenters. The molecule has 0 N–H and O–H groups in total. The highest BCUT2D eigenvalue weighted by Gasteiger charge is 2.33. The highest BCUT2D eigenvalue weighted by molar-refractivity contribution is 7.89. The van der Waals surface area contributed by atoms with Gasteiger partial charge in [-0.3, -0.25) is 4.79 Å². The maximum atomic E-state index is 12.8. The van der Waals surface area contributed by atoms with Crippen LogP contribution in [-0.2, 0) is 21.2 Å². The van der Waals surface area contributed by atoms with Gasteiger partial charge >= 0.3 is 0 Å². The van der Waals surface area contributed by atoms with Crippen LogP contribution in [-0.4, -0.2) is 49.7 Å². The van der Waals surface area contributed by atoms with E-state index in [0.717, 1.165) is 44.1 Å². The minimum absolute atomic E-state index is 0.161. The molecule has 1 aliphatic heterocycles. The molecule has 25 heavy (non-hydrogen) atoms. The number of aryl methyl sites for hydroxylation is 1. The zero-order valence-corrected chi connectivity index (χ0v) is 15.8. The SMILES string of the molecule is CCCc1ccc(S(=O)(=O)N2CCN(C(=O)C3CCCC3)CC2)cc1. The molecule has 1 aromatic rings. The Bertz CT molecular complexity index is 686. The molecule has 1 heterocycles. The van der Waals surface area contributed by atoms with Crippen molar-refractivity contribution in [3.63, 3.8) is 0 Å². The molecule has 1 amide bonds. The monoisotopic (exact) mass is 364 g/mol. The van der Waals surface area contributed by atoms with Crippen molar-refractivity contribution >= 4 is 15.9 Å². The standard InChI is InChI=1S/C19H28N2O3S/c1-2-5-16-8-10-18(11-9-16)25(23,24)21-14-12-20(13-15-21)19(22)17-6-3-4-7-17/h8-11,17H,2-7,12-15H2,1H3. The van der Waals surface area contributed by atoms with Crippen LogP contribution in [0.1, 0.15) is 44.6 Å². The first-order valence-electron chi connectivity index (χ1n) is 9.40. The van der Waals surface area contributed by atoms with Crippen LogP contribution in [0.5, 0.6) is 0 Å². The van der Waals surface area contributed by atoms with Gasteiger partial charge < -0.3 is 4.90 Å². The van der Waals surface area contributed by atoms with Crippen molar-refractivity contribution < 1.29 is 13.2 Å². The average Bonchev–Trinajstić information content (AvgIpc) is 3.17. The van der Waals surface area contributed by atoms with E-state index in [1.54, 1.807) is 12.1 Å². The van der Waals surface area contributed by atoms with Crippen molar-refractivity contribution in [1.29, 1.82) is 0 Å². The molecule has 1 aromatic carbocycles. The summed E-state index contributed by atoms with van der Waals surface area (Å²) < 4.78 is 27.1. The summed E-state index contributed by atoms with van der Waals surface area (Å²) in [5, 5.41) is 0. The van der Waals surface area contributed by atoms with Crippen LogP contribution in [0.2, 0.25) is 0 Å². The van der Waals surface area contributed by atoms with E-state index in [2.05, 4.69) is 6.92 Å². The van der Waals surface area contributed by atoms with Crippen molar-refractivity contribution in [2.45, 2.75) is 50.3 Å². The topological polar surface area (TPSA) is 57.7 Å². The molecular formula is C19H28N2O3S. The lowest BCUT2D eigenvalue weighted by Crippen LogP contribution is -2.51. The Kier molecular flexibility index (Phi) is 5.79. The number of sulfonamides is 1. The molecule has 0 radical (unpaired) electrons. The van der Waals surface area contributed by atoms with Crippen molar-refractivity contribution in [3.05, 3.63) is 29.8 Å². The fourth-order valence-electron chi connectivity index (χ4n) is 3.85. The highest BCUT2D eigenvalue weighted by atomic mass is 32.2. The molecule has 1 saturated heterocycles. The van der Waals surface area contributed by atoms with Crippen LogP contribution in [0, 0.1) is 5.92 Å². The first-order valence-corrected chi connectivity index (χ1v) is 10.8. The molecule has 0 aromatic heterocycles. The van der Waals surface area contributed by atoms with E-state index < -0.39 is 10.0 Å². The summed E-state index contributed by atoms with van der Waals surface area (Å²) in [6.45, 7) is 3.89. The van der Waals surface area contributed by atoms with Gasteiger partial charge in [-0.25, -0.2) is 8.42 Å². The molecule has 1 aliphatic carbocycles. The van der Waals surface area contributed by atoms with Gasteiger partial charge in [-0.2, -0.15) is 4.31 Å². The second-order valence-electron chi connectivity index (χ2n) is 7.10. The third-order valence-electron chi connectivity index (χ3n) is 5.35. The Hall–Kier alpha value is -1.40. The molecule has 3 rings (SSSR count). The number of benzene rings is 1. The molecule has 6 heteroatoms. The lowest BCUT2D eigenvalue weighted by atomic mass is 10.1. The van der Waals surface area contributed by atoms with Gasteiger partial charge in [0.15, 0.2) is 0 Å². The fourth-order valence-corrected chi connectivity index (χ4v) is 5.27. The van der Waals surface area contributed by atoms with Gasteiger partial charge in [0.1, 0.15) is 0 Å². The molecule has 0 bridgehead atoms. The van der Waals surface area contributed by atoms with Crippen molar-refractivity contribution in [2.24, 2.45) is 5.92 Å². The summed E-state index contributed by atoms with van der Waals surface area (Å²) in [7, 11) is -3.47. The molecule has 2 aliphatic rings. The van der Waals surface area contributed by atoms with E-state index in [9.17, 15) is 13.2 Å². The van der Waals surface area contributed by atoms with E-state index in [1.165, 1.54) is 4.31 Å². The van der Waals surface area contributed by atoms with Gasteiger partial charge in [0.2, 0.25) is 15.9 Å². The van der Waals surface area contributed by atoms with Gasteiger partial charge in [0.05, 0.1) is 4.90 Å². The van der Waals surface area contributed by atoms with E-state index in [0.29, 0.717) is 31.1 Å². The number of hydrogen-bond acceptors (Lipinski definition) is 3. The Morgan fingerprint density at radius 1 is 1.04 bits per heavy atom. The zero-order chi connectivity index (χ0) is 17.9. The minimum atomic E-state index is -3.47. The summed E-state index contributed by atoms with van der Waals surface area (Å²) in [4.78, 5) is 14.7. The molecule has 1 saturated carbocycles. The Morgan fingerprint density at radius 2 is 1.64 bits per heavy atom. The van der Waals surface area contributed by atoms with Crippen molar-refractivity contribution in [3.8, 4) is 0 Å². The number of piperazine rings is 1. The molecule has 138 valence electrons. The lowest BCUT2D eigenvalue weighted by Gasteiger charge is -2.35. The quantitative estimate of drug-likeness (QED) is 0.807. The summed E-state index contributed by atoms with van der Waals surface area (Å²) in [6.07, 6.45) is 6.26. The Morgan fingerprint density at radius 3 is 2.20 bits per heavy atom. The summed E-state index contributed by atoms with van der Waals surface area (Å²) in [6, 6.07) is 7.21. The summed E-state index contributed by atoms with van der Waals surface area (Å²) >= 11 is 0. The van der Waals surface area contributed by atoms with E-state index in [-0.39, 0.29) is 11.8 Å². The normalized spacial score (nSPS) is 20.1. The molecule has 0 spiro atoms. The van der Waals surface area contributed by atoms with Crippen LogP contribution in [0.25, 0.3) is 0 Å². The number of amides is 1. The number of nitrogens with zero attached hydrogens (tertiary/aromatic N) is 2. The van der Waals surface area contributed by atoms with Gasteiger partial charge in [-0.1, -0.05) is 38.3 Å². The van der Waals surface area contributed by atoms with Gasteiger partial charge in [-0.05, 0) is 37.0 Å². The van der Waals surface area contributed by atoms with E-state index in [1.807, 2.05) is 17.0 Å². The lowest BCUT2D eigenvalue weighted by molar-refractivity contribution is -0.136. The third kappa shape index (κ3) is 4.06. The predicted molar refractivity (Wildman–Crippen MR) is 97.7 cm³/mol. The second-order valence-corrected chi connectivity index (χ2v) is 9.04.